The zero-order valence-corrected chi connectivity index (χ0v) is 15.9. The van der Waals surface area contributed by atoms with Crippen LogP contribution in [0.3, 0.4) is 0 Å². The first-order chi connectivity index (χ1) is 12.3. The number of thiophene rings is 1. The van der Waals surface area contributed by atoms with Gasteiger partial charge in [-0.15, -0.1) is 11.3 Å². The van der Waals surface area contributed by atoms with Crippen molar-refractivity contribution in [2.75, 3.05) is 20.2 Å². The molecule has 0 unspecified atom stereocenters. The predicted octanol–water partition coefficient (Wildman–Crippen LogP) is 2.72. The number of nitrogens with zero attached hydrogens (tertiary/aromatic N) is 2. The summed E-state index contributed by atoms with van der Waals surface area (Å²) in [7, 11) is 1.60. The minimum absolute atomic E-state index is 0.349. The quantitative estimate of drug-likeness (QED) is 0.432. The number of hydrogen-bond acceptors (Lipinski definition) is 6. The van der Waals surface area contributed by atoms with Crippen molar-refractivity contribution in [2.45, 2.75) is 37.6 Å². The predicted molar refractivity (Wildman–Crippen MR) is 95.3 cm³/mol. The number of Topliss-reactive ketones (excluding diaryl/α,β-unsaturated/α-hetero) is 1. The van der Waals surface area contributed by atoms with Crippen molar-refractivity contribution in [3.05, 3.63) is 21.3 Å². The van der Waals surface area contributed by atoms with Crippen molar-refractivity contribution >= 4 is 46.6 Å². The van der Waals surface area contributed by atoms with Gasteiger partial charge in [-0.1, -0.05) is 30.9 Å². The molecule has 1 aliphatic carbocycles. The molecule has 1 aromatic heterocycles. The molecule has 2 fully saturated rings. The van der Waals surface area contributed by atoms with E-state index in [1.165, 1.54) is 4.90 Å². The summed E-state index contributed by atoms with van der Waals surface area (Å²) in [5, 5.41) is 0. The van der Waals surface area contributed by atoms with Gasteiger partial charge in [0.2, 0.25) is 5.78 Å². The van der Waals surface area contributed by atoms with Crippen LogP contribution >= 0.6 is 22.9 Å². The Bertz CT molecular complexity index is 756. The van der Waals surface area contributed by atoms with Gasteiger partial charge in [0.1, 0.15) is 12.1 Å². The average molecular weight is 399 g/mol. The molecule has 140 valence electrons. The highest BCUT2D eigenvalue weighted by Crippen LogP contribution is 2.39. The summed E-state index contributed by atoms with van der Waals surface area (Å²) in [6.07, 6.45) is 4.00. The SMILES string of the molecule is CN1C(=O)N(CC(=O)OCC(=O)c2ccc(Cl)s2)C(=O)C12CCCCC2. The molecule has 1 aliphatic heterocycles. The zero-order valence-electron chi connectivity index (χ0n) is 14.3. The minimum Gasteiger partial charge on any atom is -0.456 e. The number of urea groups is 1. The third-order valence-corrected chi connectivity index (χ3v) is 6.26. The minimum atomic E-state index is -0.834. The molecule has 2 aliphatic rings. The van der Waals surface area contributed by atoms with Crippen molar-refractivity contribution < 1.29 is 23.9 Å². The topological polar surface area (TPSA) is 84.0 Å². The molecule has 1 spiro atoms. The molecular weight excluding hydrogens is 380 g/mol. The van der Waals surface area contributed by atoms with Crippen LogP contribution in [0.15, 0.2) is 12.1 Å². The van der Waals surface area contributed by atoms with Crippen LogP contribution in [-0.4, -0.2) is 59.2 Å². The Kier molecular flexibility index (Phi) is 5.34. The van der Waals surface area contributed by atoms with E-state index in [2.05, 4.69) is 0 Å². The standard InChI is InChI=1S/C17H19ClN2O5S/c1-19-16(24)20(15(23)17(19)7-3-2-4-8-17)9-14(22)25-10-11(21)12-5-6-13(18)26-12/h5-6H,2-4,7-10H2,1H3. The summed E-state index contributed by atoms with van der Waals surface area (Å²) in [5.41, 5.74) is -0.834. The second-order valence-electron chi connectivity index (χ2n) is 6.51. The number of ketones is 1. The molecule has 9 heteroatoms. The normalized spacial score (nSPS) is 19.3. The molecule has 2 heterocycles. The number of halogens is 1. The second-order valence-corrected chi connectivity index (χ2v) is 8.23. The largest absolute Gasteiger partial charge is 0.456 e. The third-order valence-electron chi connectivity index (χ3n) is 4.98. The number of likely N-dealkylation sites (N-methyl/N-ethyl adjacent to an activating group) is 1. The lowest BCUT2D eigenvalue weighted by atomic mass is 9.81. The fourth-order valence-corrected chi connectivity index (χ4v) is 4.49. The van der Waals surface area contributed by atoms with Crippen LogP contribution in [0.1, 0.15) is 41.8 Å². The summed E-state index contributed by atoms with van der Waals surface area (Å²) in [4.78, 5) is 52.0. The third kappa shape index (κ3) is 3.35. The number of esters is 1. The Hall–Kier alpha value is -1.93. The molecule has 3 rings (SSSR count). The van der Waals surface area contributed by atoms with Crippen LogP contribution in [0.5, 0.6) is 0 Å². The molecule has 1 saturated heterocycles. The Morgan fingerprint density at radius 3 is 2.54 bits per heavy atom. The van der Waals surface area contributed by atoms with Crippen molar-refractivity contribution in [1.29, 1.82) is 0 Å². The van der Waals surface area contributed by atoms with E-state index in [1.54, 1.807) is 19.2 Å². The molecule has 0 radical (unpaired) electrons. The molecule has 7 nitrogen and oxygen atoms in total. The van der Waals surface area contributed by atoms with E-state index in [4.69, 9.17) is 16.3 Å². The average Bonchev–Trinajstić information content (AvgIpc) is 3.14. The fraction of sp³-hybridized carbons (Fsp3) is 0.529. The van der Waals surface area contributed by atoms with Gasteiger partial charge in [-0.25, -0.2) is 4.79 Å². The summed E-state index contributed by atoms with van der Waals surface area (Å²) < 4.78 is 5.41. The number of carbonyl (C=O) groups excluding carboxylic acids is 4. The van der Waals surface area contributed by atoms with E-state index >= 15 is 0 Å². The van der Waals surface area contributed by atoms with Gasteiger partial charge in [0, 0.05) is 7.05 Å². The molecule has 0 atom stereocenters. The fourth-order valence-electron chi connectivity index (χ4n) is 3.53. The summed E-state index contributed by atoms with van der Waals surface area (Å²) in [6.45, 7) is -0.935. The van der Waals surface area contributed by atoms with Crippen LogP contribution in [0.4, 0.5) is 4.79 Å². The lowest BCUT2D eigenvalue weighted by Gasteiger charge is -2.35. The second kappa shape index (κ2) is 7.36. The van der Waals surface area contributed by atoms with Gasteiger partial charge >= 0.3 is 12.0 Å². The van der Waals surface area contributed by atoms with Gasteiger partial charge in [-0.2, -0.15) is 0 Å². The first kappa shape index (κ1) is 18.8. The van der Waals surface area contributed by atoms with Crippen LogP contribution in [0.2, 0.25) is 4.34 Å². The van der Waals surface area contributed by atoms with Crippen LogP contribution in [0, 0.1) is 0 Å². The highest BCUT2D eigenvalue weighted by Gasteiger charge is 2.55. The molecule has 3 amide bonds. The van der Waals surface area contributed by atoms with Crippen LogP contribution in [-0.2, 0) is 14.3 Å². The first-order valence-electron chi connectivity index (χ1n) is 8.39. The highest BCUT2D eigenvalue weighted by atomic mass is 35.5. The molecule has 26 heavy (non-hydrogen) atoms. The molecule has 1 aromatic rings. The maximum Gasteiger partial charge on any atom is 0.327 e. The molecule has 0 aromatic carbocycles. The van der Waals surface area contributed by atoms with E-state index in [0.29, 0.717) is 22.1 Å². The van der Waals surface area contributed by atoms with Gasteiger partial charge < -0.3 is 9.64 Å². The Morgan fingerprint density at radius 2 is 1.92 bits per heavy atom. The summed E-state index contributed by atoms with van der Waals surface area (Å²) in [6, 6.07) is 2.64. The van der Waals surface area contributed by atoms with Crippen molar-refractivity contribution in [3.63, 3.8) is 0 Å². The van der Waals surface area contributed by atoms with Gasteiger partial charge in [0.25, 0.3) is 5.91 Å². The van der Waals surface area contributed by atoms with Gasteiger partial charge in [-0.05, 0) is 25.0 Å². The van der Waals surface area contributed by atoms with Crippen LogP contribution in [0.25, 0.3) is 0 Å². The number of carbonyl (C=O) groups is 4. The number of ether oxygens (including phenoxy) is 1. The van der Waals surface area contributed by atoms with Crippen molar-refractivity contribution in [3.8, 4) is 0 Å². The maximum absolute atomic E-state index is 12.8. The number of amides is 3. The van der Waals surface area contributed by atoms with E-state index in [1.807, 2.05) is 0 Å². The van der Waals surface area contributed by atoms with E-state index in [9.17, 15) is 19.2 Å². The van der Waals surface area contributed by atoms with Gasteiger partial charge in [0.15, 0.2) is 6.61 Å². The summed E-state index contributed by atoms with van der Waals surface area (Å²) in [5.74, 6) is -1.52. The number of imide groups is 1. The van der Waals surface area contributed by atoms with Crippen molar-refractivity contribution in [1.82, 2.24) is 9.80 Å². The first-order valence-corrected chi connectivity index (χ1v) is 9.58. The maximum atomic E-state index is 12.8. The van der Waals surface area contributed by atoms with E-state index in [0.717, 1.165) is 35.5 Å². The number of rotatable bonds is 5. The molecular formula is C17H19ClN2O5S. The summed E-state index contributed by atoms with van der Waals surface area (Å²) >= 11 is 6.86. The Balaban J connectivity index is 1.59. The Labute approximate surface area is 159 Å². The monoisotopic (exact) mass is 398 g/mol. The molecule has 0 bridgehead atoms. The Morgan fingerprint density at radius 1 is 1.23 bits per heavy atom. The highest BCUT2D eigenvalue weighted by molar-refractivity contribution is 7.18. The van der Waals surface area contributed by atoms with Gasteiger partial charge in [0.05, 0.1) is 9.21 Å². The number of hydrogen-bond donors (Lipinski definition) is 0. The molecule has 1 saturated carbocycles. The zero-order chi connectivity index (χ0) is 18.9. The van der Waals surface area contributed by atoms with Gasteiger partial charge in [-0.3, -0.25) is 19.3 Å². The van der Waals surface area contributed by atoms with Crippen molar-refractivity contribution in [2.24, 2.45) is 0 Å². The smallest absolute Gasteiger partial charge is 0.327 e. The lowest BCUT2D eigenvalue weighted by Crippen LogP contribution is -2.49. The molecule has 0 N–H and O–H groups in total. The lowest BCUT2D eigenvalue weighted by molar-refractivity contribution is -0.147. The van der Waals surface area contributed by atoms with Crippen LogP contribution < -0.4 is 0 Å². The van der Waals surface area contributed by atoms with E-state index < -0.39 is 30.7 Å². The van der Waals surface area contributed by atoms with E-state index in [-0.39, 0.29) is 11.7 Å².